The van der Waals surface area contributed by atoms with Crippen LogP contribution in [-0.2, 0) is 0 Å². The van der Waals surface area contributed by atoms with Crippen LogP contribution in [0.1, 0.15) is 30.9 Å². The molecule has 0 saturated carbocycles. The highest BCUT2D eigenvalue weighted by molar-refractivity contribution is 5.75. The van der Waals surface area contributed by atoms with Crippen LogP contribution in [0.25, 0.3) is 5.57 Å². The molecule has 0 amide bonds. The number of nitriles is 1. The minimum absolute atomic E-state index is 0.696. The summed E-state index contributed by atoms with van der Waals surface area (Å²) in [5.41, 5.74) is 3.19. The second kappa shape index (κ2) is 4.81. The van der Waals surface area contributed by atoms with Crippen LogP contribution in [0.5, 0.6) is 0 Å². The first kappa shape index (κ1) is 10.7. The average molecular weight is 209 g/mol. The van der Waals surface area contributed by atoms with Crippen molar-refractivity contribution in [2.45, 2.75) is 19.8 Å². The van der Waals surface area contributed by atoms with E-state index in [0.29, 0.717) is 5.92 Å². The van der Waals surface area contributed by atoms with Crippen molar-refractivity contribution in [3.05, 3.63) is 53.6 Å². The van der Waals surface area contributed by atoms with Crippen molar-refractivity contribution >= 4 is 5.57 Å². The summed E-state index contributed by atoms with van der Waals surface area (Å²) in [6, 6.07) is 9.91. The lowest BCUT2D eigenvalue weighted by Gasteiger charge is -2.14. The fourth-order valence-electron chi connectivity index (χ4n) is 1.92. The van der Waals surface area contributed by atoms with E-state index >= 15 is 0 Å². The SMILES string of the molecule is CCC1C=CC(c2ccc(C#N)cc2)=CC1. The summed E-state index contributed by atoms with van der Waals surface area (Å²) in [6.45, 7) is 2.22. The van der Waals surface area contributed by atoms with E-state index in [1.165, 1.54) is 17.6 Å². The Bertz CT molecular complexity index is 457. The van der Waals surface area contributed by atoms with E-state index in [0.717, 1.165) is 12.0 Å². The molecule has 1 unspecified atom stereocenters. The Hall–Kier alpha value is -1.81. The van der Waals surface area contributed by atoms with Gasteiger partial charge in [0, 0.05) is 0 Å². The Morgan fingerprint density at radius 2 is 2.06 bits per heavy atom. The summed E-state index contributed by atoms with van der Waals surface area (Å²) in [7, 11) is 0. The molecule has 16 heavy (non-hydrogen) atoms. The molecule has 1 heteroatoms. The minimum Gasteiger partial charge on any atom is -0.192 e. The van der Waals surface area contributed by atoms with Crippen molar-refractivity contribution in [3.8, 4) is 6.07 Å². The van der Waals surface area contributed by atoms with Crippen LogP contribution in [0.15, 0.2) is 42.5 Å². The molecule has 0 aliphatic heterocycles. The topological polar surface area (TPSA) is 23.8 Å². The Labute approximate surface area is 96.7 Å². The fraction of sp³-hybridized carbons (Fsp3) is 0.267. The summed E-state index contributed by atoms with van der Waals surface area (Å²) in [5, 5.41) is 8.73. The van der Waals surface area contributed by atoms with E-state index in [4.69, 9.17) is 5.26 Å². The number of rotatable bonds is 2. The van der Waals surface area contributed by atoms with Gasteiger partial charge in [-0.25, -0.2) is 0 Å². The molecule has 1 atom stereocenters. The summed E-state index contributed by atoms with van der Waals surface area (Å²) < 4.78 is 0. The number of allylic oxidation sites excluding steroid dienone is 4. The molecule has 0 spiro atoms. The van der Waals surface area contributed by atoms with Gasteiger partial charge in [-0.15, -0.1) is 0 Å². The van der Waals surface area contributed by atoms with Gasteiger partial charge < -0.3 is 0 Å². The number of hydrogen-bond acceptors (Lipinski definition) is 1. The van der Waals surface area contributed by atoms with Crippen molar-refractivity contribution < 1.29 is 0 Å². The molecule has 0 N–H and O–H groups in total. The van der Waals surface area contributed by atoms with Gasteiger partial charge in [0.15, 0.2) is 0 Å². The summed E-state index contributed by atoms with van der Waals surface area (Å²) >= 11 is 0. The molecule has 0 fully saturated rings. The molecule has 1 aromatic carbocycles. The normalized spacial score (nSPS) is 19.0. The van der Waals surface area contributed by atoms with Crippen molar-refractivity contribution in [1.82, 2.24) is 0 Å². The van der Waals surface area contributed by atoms with E-state index in [-0.39, 0.29) is 0 Å². The van der Waals surface area contributed by atoms with Crippen LogP contribution in [0.2, 0.25) is 0 Å². The maximum absolute atomic E-state index is 8.73. The molecule has 1 aliphatic rings. The summed E-state index contributed by atoms with van der Waals surface area (Å²) in [4.78, 5) is 0. The molecule has 0 saturated heterocycles. The maximum atomic E-state index is 8.73. The van der Waals surface area contributed by atoms with Gasteiger partial charge in [-0.2, -0.15) is 5.26 Å². The quantitative estimate of drug-likeness (QED) is 0.724. The molecule has 1 aliphatic carbocycles. The van der Waals surface area contributed by atoms with Crippen LogP contribution >= 0.6 is 0 Å². The lowest BCUT2D eigenvalue weighted by Crippen LogP contribution is -1.97. The highest BCUT2D eigenvalue weighted by atomic mass is 14.2. The molecule has 0 heterocycles. The zero-order valence-electron chi connectivity index (χ0n) is 9.48. The van der Waals surface area contributed by atoms with Gasteiger partial charge in [-0.3, -0.25) is 0 Å². The Morgan fingerprint density at radius 3 is 2.56 bits per heavy atom. The smallest absolute Gasteiger partial charge is 0.0991 e. The molecule has 0 radical (unpaired) electrons. The van der Waals surface area contributed by atoms with Gasteiger partial charge >= 0.3 is 0 Å². The molecule has 1 nitrogen and oxygen atoms in total. The Morgan fingerprint density at radius 1 is 1.31 bits per heavy atom. The first-order valence-electron chi connectivity index (χ1n) is 5.72. The van der Waals surface area contributed by atoms with Crippen molar-refractivity contribution in [1.29, 1.82) is 5.26 Å². The van der Waals surface area contributed by atoms with E-state index in [1.807, 2.05) is 24.3 Å². The monoisotopic (exact) mass is 209 g/mol. The first-order valence-corrected chi connectivity index (χ1v) is 5.72. The highest BCUT2D eigenvalue weighted by Crippen LogP contribution is 2.25. The fourth-order valence-corrected chi connectivity index (χ4v) is 1.92. The van der Waals surface area contributed by atoms with Crippen molar-refractivity contribution in [2.75, 3.05) is 0 Å². The Balaban J connectivity index is 2.18. The third-order valence-corrected chi connectivity index (χ3v) is 3.06. The molecule has 80 valence electrons. The summed E-state index contributed by atoms with van der Waals surface area (Å²) in [6.07, 6.45) is 9.10. The van der Waals surface area contributed by atoms with Crippen LogP contribution in [-0.4, -0.2) is 0 Å². The molecule has 1 aromatic rings. The minimum atomic E-state index is 0.696. The third-order valence-electron chi connectivity index (χ3n) is 3.06. The van der Waals surface area contributed by atoms with Gasteiger partial charge in [0.05, 0.1) is 11.6 Å². The molecule has 0 aromatic heterocycles. The van der Waals surface area contributed by atoms with Gasteiger partial charge in [0.25, 0.3) is 0 Å². The van der Waals surface area contributed by atoms with Crippen LogP contribution in [0, 0.1) is 17.2 Å². The van der Waals surface area contributed by atoms with Gasteiger partial charge in [-0.05, 0) is 42.0 Å². The predicted octanol–water partition coefficient (Wildman–Crippen LogP) is 3.93. The largest absolute Gasteiger partial charge is 0.192 e. The van der Waals surface area contributed by atoms with E-state index in [2.05, 4.69) is 31.2 Å². The van der Waals surface area contributed by atoms with Gasteiger partial charge in [-0.1, -0.05) is 37.3 Å². The second-order valence-corrected chi connectivity index (χ2v) is 4.11. The van der Waals surface area contributed by atoms with Crippen molar-refractivity contribution in [3.63, 3.8) is 0 Å². The molecule has 0 bridgehead atoms. The lowest BCUT2D eigenvalue weighted by atomic mass is 9.91. The molecular weight excluding hydrogens is 194 g/mol. The van der Waals surface area contributed by atoms with E-state index in [9.17, 15) is 0 Å². The zero-order chi connectivity index (χ0) is 11.4. The lowest BCUT2D eigenvalue weighted by molar-refractivity contribution is 0.634. The second-order valence-electron chi connectivity index (χ2n) is 4.11. The molecule has 2 rings (SSSR count). The molecular formula is C15H15N. The maximum Gasteiger partial charge on any atom is 0.0991 e. The van der Waals surface area contributed by atoms with Crippen LogP contribution < -0.4 is 0 Å². The number of benzene rings is 1. The highest BCUT2D eigenvalue weighted by Gasteiger charge is 2.07. The van der Waals surface area contributed by atoms with Crippen molar-refractivity contribution in [2.24, 2.45) is 5.92 Å². The van der Waals surface area contributed by atoms with E-state index < -0.39 is 0 Å². The van der Waals surface area contributed by atoms with Crippen LogP contribution in [0.3, 0.4) is 0 Å². The van der Waals surface area contributed by atoms with Gasteiger partial charge in [0.2, 0.25) is 0 Å². The summed E-state index contributed by atoms with van der Waals surface area (Å²) in [5.74, 6) is 0.696. The zero-order valence-corrected chi connectivity index (χ0v) is 9.48. The Kier molecular flexibility index (Phi) is 3.22. The van der Waals surface area contributed by atoms with Gasteiger partial charge in [0.1, 0.15) is 0 Å². The number of hydrogen-bond donors (Lipinski definition) is 0. The predicted molar refractivity (Wildman–Crippen MR) is 66.7 cm³/mol. The average Bonchev–Trinajstić information content (AvgIpc) is 2.39. The standard InChI is InChI=1S/C15H15N/c1-2-12-3-7-14(8-4-12)15-9-5-13(11-16)6-10-15/h3,5-10,12H,2,4H2,1H3. The van der Waals surface area contributed by atoms with E-state index in [1.54, 1.807) is 0 Å². The third kappa shape index (κ3) is 2.23. The number of nitrogens with zero attached hydrogens (tertiary/aromatic N) is 1. The first-order chi connectivity index (χ1) is 7.83. The van der Waals surface area contributed by atoms with Crippen LogP contribution in [0.4, 0.5) is 0 Å².